The molecule has 0 bridgehead atoms. The van der Waals surface area contributed by atoms with Crippen LogP contribution in [-0.4, -0.2) is 27.5 Å². The maximum absolute atomic E-state index is 11.6. The van der Waals surface area contributed by atoms with Crippen LogP contribution in [0.3, 0.4) is 0 Å². The molecule has 1 aromatic carbocycles. The second-order valence-corrected chi connectivity index (χ2v) is 7.66. The molecule has 4 aromatic rings. The molecule has 0 fully saturated rings. The summed E-state index contributed by atoms with van der Waals surface area (Å²) in [5.74, 6) is 2.10. The van der Waals surface area contributed by atoms with E-state index in [1.165, 1.54) is 0 Å². The van der Waals surface area contributed by atoms with Gasteiger partial charge in [0.05, 0.1) is 21.5 Å². The van der Waals surface area contributed by atoms with Gasteiger partial charge in [0.1, 0.15) is 17.3 Å². The van der Waals surface area contributed by atoms with E-state index in [1.807, 2.05) is 36.0 Å². The molecule has 4 rings (SSSR count). The molecule has 3 heterocycles. The van der Waals surface area contributed by atoms with Crippen molar-refractivity contribution in [1.82, 2.24) is 19.9 Å². The molecule has 0 saturated heterocycles. The summed E-state index contributed by atoms with van der Waals surface area (Å²) in [5.41, 5.74) is 1.60. The Hall–Kier alpha value is -2.90. The Labute approximate surface area is 170 Å². The highest BCUT2D eigenvalue weighted by atomic mass is 35.5. The third-order valence-electron chi connectivity index (χ3n) is 4.30. The van der Waals surface area contributed by atoms with E-state index >= 15 is 0 Å². The maximum atomic E-state index is 11.6. The predicted octanol–water partition coefficient (Wildman–Crippen LogP) is 4.43. The zero-order valence-electron chi connectivity index (χ0n) is 15.3. The Morgan fingerprint density at radius 2 is 2.11 bits per heavy atom. The molecule has 142 valence electrons. The van der Waals surface area contributed by atoms with Crippen molar-refractivity contribution in [3.05, 3.63) is 59.5 Å². The van der Waals surface area contributed by atoms with Crippen molar-refractivity contribution in [1.29, 1.82) is 0 Å². The van der Waals surface area contributed by atoms with Crippen molar-refractivity contribution >= 4 is 39.1 Å². The molecule has 0 saturated carbocycles. The highest BCUT2D eigenvalue weighted by molar-refractivity contribution is 7.22. The Bertz CT molecular complexity index is 1170. The van der Waals surface area contributed by atoms with Crippen LogP contribution in [0.15, 0.2) is 48.9 Å². The molecule has 28 heavy (non-hydrogen) atoms. The number of ether oxygens (including phenoxy) is 1. The van der Waals surface area contributed by atoms with Gasteiger partial charge in [-0.3, -0.25) is 9.78 Å². The van der Waals surface area contributed by atoms with Crippen LogP contribution in [0.1, 0.15) is 5.56 Å². The standard InChI is InChI=1S/C20H17ClN4O2S/c1-22-18(26)9-12-3-4-13(10-14(12)21)27-16-5-6-23-15-11-17(28-19(15)16)20-24-7-8-25(20)2/h3-8,10-11H,9H2,1-2H3,(H,22,26). The van der Waals surface area contributed by atoms with Crippen molar-refractivity contribution in [3.8, 4) is 22.2 Å². The van der Waals surface area contributed by atoms with Crippen LogP contribution in [0.5, 0.6) is 11.5 Å². The fourth-order valence-corrected chi connectivity index (χ4v) is 4.17. The monoisotopic (exact) mass is 412 g/mol. The first kappa shape index (κ1) is 18.5. The molecule has 0 aliphatic rings. The van der Waals surface area contributed by atoms with Crippen molar-refractivity contribution in [2.75, 3.05) is 7.05 Å². The molecule has 1 amide bonds. The Kier molecular flexibility index (Phi) is 5.02. The van der Waals surface area contributed by atoms with Gasteiger partial charge in [0.2, 0.25) is 5.91 Å². The topological polar surface area (TPSA) is 69.0 Å². The summed E-state index contributed by atoms with van der Waals surface area (Å²) in [6, 6.07) is 9.17. The molecule has 0 aliphatic carbocycles. The first-order valence-electron chi connectivity index (χ1n) is 8.58. The summed E-state index contributed by atoms with van der Waals surface area (Å²) >= 11 is 7.90. The Morgan fingerprint density at radius 1 is 1.25 bits per heavy atom. The normalized spacial score (nSPS) is 11.0. The molecule has 0 unspecified atom stereocenters. The molecule has 0 radical (unpaired) electrons. The molecule has 8 heteroatoms. The quantitative estimate of drug-likeness (QED) is 0.526. The Morgan fingerprint density at radius 3 is 2.82 bits per heavy atom. The van der Waals surface area contributed by atoms with Gasteiger partial charge in [-0.25, -0.2) is 4.98 Å². The van der Waals surface area contributed by atoms with Crippen LogP contribution in [0.4, 0.5) is 0 Å². The fraction of sp³-hybridized carbons (Fsp3) is 0.150. The number of halogens is 1. The van der Waals surface area contributed by atoms with Crippen LogP contribution in [-0.2, 0) is 18.3 Å². The molecule has 1 N–H and O–H groups in total. The summed E-state index contributed by atoms with van der Waals surface area (Å²) in [6.07, 6.45) is 5.63. The molecular weight excluding hydrogens is 396 g/mol. The van der Waals surface area contributed by atoms with Crippen molar-refractivity contribution in [2.24, 2.45) is 7.05 Å². The average Bonchev–Trinajstić information content (AvgIpc) is 3.30. The first-order chi connectivity index (χ1) is 13.5. The van der Waals surface area contributed by atoms with E-state index in [-0.39, 0.29) is 12.3 Å². The van der Waals surface area contributed by atoms with E-state index in [9.17, 15) is 4.79 Å². The third-order valence-corrected chi connectivity index (χ3v) is 5.79. The van der Waals surface area contributed by atoms with Gasteiger partial charge < -0.3 is 14.6 Å². The lowest BCUT2D eigenvalue weighted by Crippen LogP contribution is -2.20. The van der Waals surface area contributed by atoms with E-state index < -0.39 is 0 Å². The zero-order valence-corrected chi connectivity index (χ0v) is 16.8. The van der Waals surface area contributed by atoms with Crippen LogP contribution in [0.2, 0.25) is 5.02 Å². The van der Waals surface area contributed by atoms with Crippen LogP contribution in [0, 0.1) is 0 Å². The van der Waals surface area contributed by atoms with Gasteiger partial charge >= 0.3 is 0 Å². The van der Waals surface area contributed by atoms with Gasteiger partial charge in [0.15, 0.2) is 0 Å². The van der Waals surface area contributed by atoms with Gasteiger partial charge in [-0.15, -0.1) is 11.3 Å². The number of likely N-dealkylation sites (N-methyl/N-ethyl adjacent to an activating group) is 1. The van der Waals surface area contributed by atoms with Gasteiger partial charge in [-0.1, -0.05) is 17.7 Å². The molecule has 0 aliphatic heterocycles. The lowest BCUT2D eigenvalue weighted by molar-refractivity contribution is -0.119. The second-order valence-electron chi connectivity index (χ2n) is 6.20. The number of aryl methyl sites for hydroxylation is 1. The first-order valence-corrected chi connectivity index (χ1v) is 9.77. The molecule has 3 aromatic heterocycles. The van der Waals surface area contributed by atoms with Crippen LogP contribution >= 0.6 is 22.9 Å². The van der Waals surface area contributed by atoms with E-state index in [0.29, 0.717) is 16.5 Å². The van der Waals surface area contributed by atoms with Crippen LogP contribution < -0.4 is 10.1 Å². The highest BCUT2D eigenvalue weighted by Crippen LogP contribution is 2.39. The largest absolute Gasteiger partial charge is 0.456 e. The number of nitrogens with zero attached hydrogens (tertiary/aromatic N) is 3. The molecule has 6 nitrogen and oxygen atoms in total. The number of carbonyl (C=O) groups excluding carboxylic acids is 1. The minimum Gasteiger partial charge on any atom is -0.456 e. The minimum absolute atomic E-state index is 0.0909. The fourth-order valence-electron chi connectivity index (χ4n) is 2.83. The number of thiophene rings is 1. The van der Waals surface area contributed by atoms with E-state index in [2.05, 4.69) is 15.3 Å². The van der Waals surface area contributed by atoms with Crippen molar-refractivity contribution in [2.45, 2.75) is 6.42 Å². The average molecular weight is 413 g/mol. The zero-order chi connectivity index (χ0) is 19.7. The number of amides is 1. The van der Waals surface area contributed by atoms with Crippen molar-refractivity contribution in [3.63, 3.8) is 0 Å². The number of carbonyl (C=O) groups is 1. The van der Waals surface area contributed by atoms with Crippen LogP contribution in [0.25, 0.3) is 20.9 Å². The number of rotatable bonds is 5. The number of hydrogen-bond acceptors (Lipinski definition) is 5. The smallest absolute Gasteiger partial charge is 0.224 e. The summed E-state index contributed by atoms with van der Waals surface area (Å²) in [4.78, 5) is 21.4. The lowest BCUT2D eigenvalue weighted by atomic mass is 10.1. The molecule has 0 atom stereocenters. The molecule has 0 spiro atoms. The SMILES string of the molecule is CNC(=O)Cc1ccc(Oc2ccnc3cc(-c4nccn4C)sc23)cc1Cl. The number of fused-ring (bicyclic) bond motifs is 1. The van der Waals surface area contributed by atoms with E-state index in [1.54, 1.807) is 42.9 Å². The number of imidazole rings is 1. The van der Waals surface area contributed by atoms with Gasteiger partial charge in [0.25, 0.3) is 0 Å². The summed E-state index contributed by atoms with van der Waals surface area (Å²) in [6.45, 7) is 0. The second kappa shape index (κ2) is 7.61. The summed E-state index contributed by atoms with van der Waals surface area (Å²) in [7, 11) is 3.56. The van der Waals surface area contributed by atoms with E-state index in [0.717, 1.165) is 26.5 Å². The predicted molar refractivity (Wildman–Crippen MR) is 111 cm³/mol. The van der Waals surface area contributed by atoms with Crippen molar-refractivity contribution < 1.29 is 9.53 Å². The minimum atomic E-state index is -0.0909. The van der Waals surface area contributed by atoms with Gasteiger partial charge in [0, 0.05) is 43.8 Å². The lowest BCUT2D eigenvalue weighted by Gasteiger charge is -2.09. The number of aromatic nitrogens is 3. The maximum Gasteiger partial charge on any atom is 0.224 e. The third kappa shape index (κ3) is 3.58. The Balaban J connectivity index is 1.65. The number of benzene rings is 1. The number of pyridine rings is 1. The number of nitrogens with one attached hydrogen (secondary N) is 1. The highest BCUT2D eigenvalue weighted by Gasteiger charge is 2.14. The van der Waals surface area contributed by atoms with Gasteiger partial charge in [-0.05, 0) is 23.8 Å². The van der Waals surface area contributed by atoms with E-state index in [4.69, 9.17) is 16.3 Å². The molecular formula is C20H17ClN4O2S. The summed E-state index contributed by atoms with van der Waals surface area (Å²) in [5, 5.41) is 3.08. The number of hydrogen-bond donors (Lipinski definition) is 1. The summed E-state index contributed by atoms with van der Waals surface area (Å²) < 4.78 is 8.98. The van der Waals surface area contributed by atoms with Gasteiger partial charge in [-0.2, -0.15) is 0 Å².